The van der Waals surface area contributed by atoms with Crippen LogP contribution in [0, 0.1) is 0 Å². The Morgan fingerprint density at radius 2 is 2.12 bits per heavy atom. The van der Waals surface area contributed by atoms with Gasteiger partial charge < -0.3 is 19.9 Å². The maximum Gasteiger partial charge on any atom is 0.283 e. The molecule has 0 aromatic heterocycles. The van der Waals surface area contributed by atoms with Crippen LogP contribution in [0.4, 0.5) is 0 Å². The first-order valence-electron chi connectivity index (χ1n) is 5.13. The van der Waals surface area contributed by atoms with Crippen molar-refractivity contribution in [2.24, 2.45) is 10.7 Å². The number of benzene rings is 1. The molecule has 2 aliphatic rings. The zero-order valence-electron chi connectivity index (χ0n) is 8.84. The molecule has 0 unspecified atom stereocenters. The van der Waals surface area contributed by atoms with E-state index in [0.717, 1.165) is 17.1 Å². The van der Waals surface area contributed by atoms with Crippen molar-refractivity contribution < 1.29 is 14.2 Å². The minimum Gasteiger partial charge on any atom is -0.455 e. The lowest BCUT2D eigenvalue weighted by molar-refractivity contribution is 0.173. The van der Waals surface area contributed by atoms with E-state index in [1.807, 2.05) is 25.1 Å². The lowest BCUT2D eigenvalue weighted by Crippen LogP contribution is -2.14. The molecule has 5 heteroatoms. The Balaban J connectivity index is 1.91. The number of fused-ring (bicyclic) bond motifs is 1. The maximum atomic E-state index is 5.54. The van der Waals surface area contributed by atoms with Gasteiger partial charge in [0.2, 0.25) is 6.79 Å². The SMILES string of the molecule is C[C@H]1N=C(N)O[C@@H]1c1ccc2c(c1)OCO2. The molecule has 2 heterocycles. The third kappa shape index (κ3) is 1.36. The largest absolute Gasteiger partial charge is 0.455 e. The van der Waals surface area contributed by atoms with Gasteiger partial charge in [-0.1, -0.05) is 6.07 Å². The summed E-state index contributed by atoms with van der Waals surface area (Å²) in [5.41, 5.74) is 6.54. The van der Waals surface area contributed by atoms with Gasteiger partial charge >= 0.3 is 0 Å². The fourth-order valence-corrected chi connectivity index (χ4v) is 1.96. The van der Waals surface area contributed by atoms with E-state index in [9.17, 15) is 0 Å². The van der Waals surface area contributed by atoms with E-state index in [0.29, 0.717) is 0 Å². The molecule has 1 aromatic rings. The molecule has 0 aliphatic carbocycles. The van der Waals surface area contributed by atoms with Gasteiger partial charge in [-0.3, -0.25) is 0 Å². The number of hydrogen-bond donors (Lipinski definition) is 1. The molecule has 2 N–H and O–H groups in total. The van der Waals surface area contributed by atoms with E-state index in [-0.39, 0.29) is 25.0 Å². The summed E-state index contributed by atoms with van der Waals surface area (Å²) in [6.45, 7) is 2.24. The van der Waals surface area contributed by atoms with Gasteiger partial charge in [0, 0.05) is 0 Å². The number of aliphatic imine (C=N–C) groups is 1. The van der Waals surface area contributed by atoms with E-state index >= 15 is 0 Å². The molecule has 84 valence electrons. The molecule has 1 aromatic carbocycles. The molecule has 0 radical (unpaired) electrons. The van der Waals surface area contributed by atoms with E-state index in [4.69, 9.17) is 19.9 Å². The van der Waals surface area contributed by atoms with Crippen molar-refractivity contribution in [3.63, 3.8) is 0 Å². The van der Waals surface area contributed by atoms with Crippen LogP contribution in [-0.2, 0) is 4.74 Å². The van der Waals surface area contributed by atoms with E-state index in [1.54, 1.807) is 0 Å². The molecule has 0 saturated heterocycles. The van der Waals surface area contributed by atoms with Crippen molar-refractivity contribution in [2.45, 2.75) is 19.1 Å². The van der Waals surface area contributed by atoms with Gasteiger partial charge in [-0.25, -0.2) is 4.99 Å². The summed E-state index contributed by atoms with van der Waals surface area (Å²) in [4.78, 5) is 4.14. The number of rotatable bonds is 1. The molecule has 0 saturated carbocycles. The van der Waals surface area contributed by atoms with Gasteiger partial charge in [-0.2, -0.15) is 0 Å². The molecule has 0 amide bonds. The lowest BCUT2D eigenvalue weighted by Gasteiger charge is -2.14. The Bertz CT molecular complexity index is 459. The van der Waals surface area contributed by atoms with Crippen LogP contribution in [0.3, 0.4) is 0 Å². The molecule has 0 fully saturated rings. The van der Waals surface area contributed by atoms with Crippen molar-refractivity contribution in [1.29, 1.82) is 0 Å². The summed E-state index contributed by atoms with van der Waals surface area (Å²) in [5, 5.41) is 0. The molecule has 16 heavy (non-hydrogen) atoms. The second-order valence-electron chi connectivity index (χ2n) is 3.86. The summed E-state index contributed by atoms with van der Waals surface area (Å²) >= 11 is 0. The fraction of sp³-hybridized carbons (Fsp3) is 0.364. The maximum absolute atomic E-state index is 5.54. The zero-order valence-corrected chi connectivity index (χ0v) is 8.84. The third-order valence-corrected chi connectivity index (χ3v) is 2.74. The van der Waals surface area contributed by atoms with Crippen LogP contribution in [0.1, 0.15) is 18.6 Å². The van der Waals surface area contributed by atoms with Crippen molar-refractivity contribution in [3.8, 4) is 11.5 Å². The van der Waals surface area contributed by atoms with Gasteiger partial charge in [0.05, 0.1) is 6.04 Å². The Morgan fingerprint density at radius 1 is 1.31 bits per heavy atom. The standard InChI is InChI=1S/C11H12N2O3/c1-6-10(16-11(12)13-6)7-2-3-8-9(4-7)15-5-14-8/h2-4,6,10H,5H2,1H3,(H2,12,13)/t6-,10+/m1/s1. The highest BCUT2D eigenvalue weighted by Crippen LogP contribution is 2.37. The van der Waals surface area contributed by atoms with E-state index in [1.165, 1.54) is 0 Å². The smallest absolute Gasteiger partial charge is 0.283 e. The second-order valence-corrected chi connectivity index (χ2v) is 3.86. The fourth-order valence-electron chi connectivity index (χ4n) is 1.96. The first-order chi connectivity index (χ1) is 7.74. The average Bonchev–Trinajstić information content (AvgIpc) is 2.83. The van der Waals surface area contributed by atoms with Crippen molar-refractivity contribution >= 4 is 6.02 Å². The summed E-state index contributed by atoms with van der Waals surface area (Å²) in [7, 11) is 0. The summed E-state index contributed by atoms with van der Waals surface area (Å²) in [5.74, 6) is 1.52. The molecule has 0 spiro atoms. The van der Waals surface area contributed by atoms with Crippen LogP contribution in [0.15, 0.2) is 23.2 Å². The Kier molecular flexibility index (Phi) is 1.92. The van der Waals surface area contributed by atoms with Gasteiger partial charge in [0.1, 0.15) is 6.10 Å². The van der Waals surface area contributed by atoms with Gasteiger partial charge in [0.15, 0.2) is 11.5 Å². The predicted octanol–water partition coefficient (Wildman–Crippen LogP) is 1.19. The van der Waals surface area contributed by atoms with Crippen molar-refractivity contribution in [3.05, 3.63) is 23.8 Å². The number of ether oxygens (including phenoxy) is 3. The van der Waals surface area contributed by atoms with Crippen LogP contribution < -0.4 is 15.2 Å². The number of nitrogens with two attached hydrogens (primary N) is 1. The first-order valence-corrected chi connectivity index (χ1v) is 5.13. The van der Waals surface area contributed by atoms with Crippen LogP contribution in [-0.4, -0.2) is 18.9 Å². The van der Waals surface area contributed by atoms with Gasteiger partial charge in [-0.15, -0.1) is 0 Å². The lowest BCUT2D eigenvalue weighted by atomic mass is 10.0. The number of nitrogens with zero attached hydrogens (tertiary/aromatic N) is 1. The molecular weight excluding hydrogens is 208 g/mol. The molecular formula is C11H12N2O3. The highest BCUT2D eigenvalue weighted by Gasteiger charge is 2.29. The minimum absolute atomic E-state index is 0.0281. The monoisotopic (exact) mass is 220 g/mol. The Hall–Kier alpha value is -1.91. The first kappa shape index (κ1) is 9.33. The molecule has 2 aliphatic heterocycles. The summed E-state index contributed by atoms with van der Waals surface area (Å²) in [6, 6.07) is 6.01. The van der Waals surface area contributed by atoms with Crippen LogP contribution in [0.5, 0.6) is 11.5 Å². The highest BCUT2D eigenvalue weighted by molar-refractivity contribution is 5.73. The second kappa shape index (κ2) is 3.30. The molecule has 2 atom stereocenters. The van der Waals surface area contributed by atoms with Crippen LogP contribution >= 0.6 is 0 Å². The Morgan fingerprint density at radius 3 is 2.88 bits per heavy atom. The third-order valence-electron chi connectivity index (χ3n) is 2.74. The highest BCUT2D eigenvalue weighted by atomic mass is 16.7. The molecule has 5 nitrogen and oxygen atoms in total. The average molecular weight is 220 g/mol. The molecule has 3 rings (SSSR count). The zero-order chi connectivity index (χ0) is 11.1. The van der Waals surface area contributed by atoms with Crippen molar-refractivity contribution in [1.82, 2.24) is 0 Å². The van der Waals surface area contributed by atoms with Gasteiger partial charge in [0.25, 0.3) is 6.02 Å². The van der Waals surface area contributed by atoms with Gasteiger partial charge in [-0.05, 0) is 24.6 Å². The normalized spacial score (nSPS) is 26.4. The minimum atomic E-state index is -0.130. The number of amidine groups is 1. The topological polar surface area (TPSA) is 66.1 Å². The van der Waals surface area contributed by atoms with Crippen molar-refractivity contribution in [2.75, 3.05) is 6.79 Å². The number of hydrogen-bond acceptors (Lipinski definition) is 5. The summed E-state index contributed by atoms with van der Waals surface area (Å²) in [6.07, 6.45) is -0.130. The van der Waals surface area contributed by atoms with E-state index < -0.39 is 0 Å². The van der Waals surface area contributed by atoms with Crippen LogP contribution in [0.2, 0.25) is 0 Å². The summed E-state index contributed by atoms with van der Waals surface area (Å²) < 4.78 is 16.0. The van der Waals surface area contributed by atoms with Crippen LogP contribution in [0.25, 0.3) is 0 Å². The van der Waals surface area contributed by atoms with E-state index in [2.05, 4.69) is 4.99 Å². The predicted molar refractivity (Wildman–Crippen MR) is 57.5 cm³/mol. The quantitative estimate of drug-likeness (QED) is 0.772. The molecule has 0 bridgehead atoms. The Labute approximate surface area is 92.8 Å².